The average molecular weight is 438 g/mol. The second kappa shape index (κ2) is 7.02. The molecule has 1 spiro atoms. The molecule has 1 unspecified atom stereocenters. The number of aromatic nitrogens is 3. The number of carbonyl (C=O) groups is 3. The summed E-state index contributed by atoms with van der Waals surface area (Å²) < 4.78 is 1.40. The molecule has 168 valence electrons. The van der Waals surface area contributed by atoms with Crippen LogP contribution in [0, 0.1) is 11.3 Å². The fourth-order valence-electron chi connectivity index (χ4n) is 6.06. The minimum absolute atomic E-state index is 0.0357. The Balaban J connectivity index is 1.19. The van der Waals surface area contributed by atoms with E-state index < -0.39 is 12.0 Å². The van der Waals surface area contributed by atoms with E-state index in [1.165, 1.54) is 36.3 Å². The van der Waals surface area contributed by atoms with Gasteiger partial charge in [0.1, 0.15) is 12.6 Å². The fraction of sp³-hybridized carbons (Fsp3) is 0.609. The van der Waals surface area contributed by atoms with Crippen molar-refractivity contribution in [1.29, 1.82) is 0 Å². The number of hydrogen-bond acceptors (Lipinski definition) is 5. The lowest BCUT2D eigenvalue weighted by Gasteiger charge is -2.33. The zero-order valence-corrected chi connectivity index (χ0v) is 17.9. The molecule has 2 N–H and O–H groups in total. The molecule has 4 atom stereocenters. The summed E-state index contributed by atoms with van der Waals surface area (Å²) in [5.41, 5.74) is 0.879. The molecule has 4 fully saturated rings. The Morgan fingerprint density at radius 3 is 2.84 bits per heavy atom. The summed E-state index contributed by atoms with van der Waals surface area (Å²) in [6.07, 6.45) is 11.8. The third-order valence-corrected chi connectivity index (χ3v) is 7.98. The number of nitrogens with zero attached hydrogens (tertiary/aromatic N) is 4. The lowest BCUT2D eigenvalue weighted by molar-refractivity contribution is -0.140. The van der Waals surface area contributed by atoms with E-state index >= 15 is 0 Å². The molecule has 9 nitrogen and oxygen atoms in total. The Kier molecular flexibility index (Phi) is 4.32. The zero-order valence-electron chi connectivity index (χ0n) is 17.9. The zero-order chi connectivity index (χ0) is 22.0. The fourth-order valence-corrected chi connectivity index (χ4v) is 6.06. The van der Waals surface area contributed by atoms with E-state index in [0.717, 1.165) is 25.7 Å². The van der Waals surface area contributed by atoms with Crippen molar-refractivity contribution in [2.24, 2.45) is 11.3 Å². The van der Waals surface area contributed by atoms with Crippen molar-refractivity contribution in [3.63, 3.8) is 0 Å². The minimum Gasteiger partial charge on any atom is -0.476 e. The van der Waals surface area contributed by atoms with Crippen LogP contribution in [0.3, 0.4) is 0 Å². The molecule has 0 bridgehead atoms. The van der Waals surface area contributed by atoms with Crippen LogP contribution < -0.4 is 5.32 Å². The first-order chi connectivity index (χ1) is 15.4. The summed E-state index contributed by atoms with van der Waals surface area (Å²) in [5.74, 6) is -0.982. The van der Waals surface area contributed by atoms with Gasteiger partial charge in [-0.1, -0.05) is 6.42 Å². The summed E-state index contributed by atoms with van der Waals surface area (Å²) in [5, 5.41) is 17.3. The molecule has 3 saturated carbocycles. The van der Waals surface area contributed by atoms with E-state index in [1.54, 1.807) is 11.0 Å². The molecule has 2 aromatic rings. The van der Waals surface area contributed by atoms with Crippen molar-refractivity contribution in [3.05, 3.63) is 24.2 Å². The Morgan fingerprint density at radius 1 is 1.22 bits per heavy atom. The van der Waals surface area contributed by atoms with Gasteiger partial charge in [-0.15, -0.1) is 0 Å². The van der Waals surface area contributed by atoms with Crippen molar-refractivity contribution in [2.75, 3.05) is 0 Å². The number of piperidine rings is 1. The monoisotopic (exact) mass is 437 g/mol. The summed E-state index contributed by atoms with van der Waals surface area (Å²) in [6, 6.07) is 1.47. The molecule has 32 heavy (non-hydrogen) atoms. The van der Waals surface area contributed by atoms with Gasteiger partial charge in [0.2, 0.25) is 11.8 Å². The second-order valence-electron chi connectivity index (χ2n) is 10.1. The van der Waals surface area contributed by atoms with Crippen LogP contribution in [0.25, 0.3) is 10.9 Å². The Bertz CT molecular complexity index is 1120. The highest BCUT2D eigenvalue weighted by atomic mass is 16.4. The van der Waals surface area contributed by atoms with Crippen molar-refractivity contribution in [3.8, 4) is 0 Å². The van der Waals surface area contributed by atoms with E-state index in [-0.39, 0.29) is 36.1 Å². The summed E-state index contributed by atoms with van der Waals surface area (Å²) in [4.78, 5) is 43.8. The van der Waals surface area contributed by atoms with Crippen LogP contribution in [0.1, 0.15) is 61.9 Å². The second-order valence-corrected chi connectivity index (χ2v) is 10.1. The topological polar surface area (TPSA) is 117 Å². The van der Waals surface area contributed by atoms with E-state index in [0.29, 0.717) is 28.7 Å². The van der Waals surface area contributed by atoms with Gasteiger partial charge in [0, 0.05) is 23.7 Å². The molecule has 0 radical (unpaired) electrons. The molecule has 2 aromatic heterocycles. The predicted molar refractivity (Wildman–Crippen MR) is 114 cm³/mol. The van der Waals surface area contributed by atoms with Gasteiger partial charge in [0.15, 0.2) is 5.69 Å². The van der Waals surface area contributed by atoms with Gasteiger partial charge in [-0.05, 0) is 62.3 Å². The van der Waals surface area contributed by atoms with Crippen molar-refractivity contribution < 1.29 is 19.5 Å². The maximum Gasteiger partial charge on any atom is 0.357 e. The van der Waals surface area contributed by atoms with Crippen LogP contribution >= 0.6 is 0 Å². The lowest BCUT2D eigenvalue weighted by Crippen LogP contribution is -2.51. The molecule has 0 aromatic carbocycles. The van der Waals surface area contributed by atoms with Crippen LogP contribution in [0.4, 0.5) is 0 Å². The number of nitrogens with one attached hydrogen (secondary N) is 1. The molecule has 3 aliphatic carbocycles. The van der Waals surface area contributed by atoms with Gasteiger partial charge >= 0.3 is 5.97 Å². The SMILES string of the molecule is O=C(O)c1nn(CC(=O)N2[C@@H]3C[C@@H]3C[C@H]2C(=O)NC2CCCC3(CC3)C2)c2cnccc12. The highest BCUT2D eigenvalue weighted by Crippen LogP contribution is 2.56. The van der Waals surface area contributed by atoms with E-state index in [9.17, 15) is 19.5 Å². The number of likely N-dealkylation sites (tertiary alicyclic amines) is 1. The van der Waals surface area contributed by atoms with Crippen LogP contribution in [0.2, 0.25) is 0 Å². The number of hydrogen-bond donors (Lipinski definition) is 2. The predicted octanol–water partition coefficient (Wildman–Crippen LogP) is 1.96. The summed E-state index contributed by atoms with van der Waals surface area (Å²) >= 11 is 0. The molecule has 4 aliphatic rings. The minimum atomic E-state index is -1.14. The number of carbonyl (C=O) groups excluding carboxylic acids is 2. The Morgan fingerprint density at radius 2 is 2.06 bits per heavy atom. The van der Waals surface area contributed by atoms with E-state index in [1.807, 2.05) is 0 Å². The van der Waals surface area contributed by atoms with Crippen molar-refractivity contribution >= 4 is 28.7 Å². The van der Waals surface area contributed by atoms with Gasteiger partial charge in [0.25, 0.3) is 0 Å². The van der Waals surface area contributed by atoms with Crippen LogP contribution in [0.15, 0.2) is 18.5 Å². The maximum atomic E-state index is 13.3. The standard InChI is InChI=1S/C23H27N5O4/c29-19(12-27-18-11-24-7-3-15(18)20(26-27)22(31)32)28-16-8-13(16)9-17(28)21(30)25-14-2-1-4-23(10-14)5-6-23/h3,7,11,13-14,16-17H,1-2,4-6,8-10,12H2,(H,25,30)(H,31,32)/t13-,14?,16-,17+/m1/s1. The normalized spacial score (nSPS) is 29.7. The van der Waals surface area contributed by atoms with Crippen LogP contribution in [0.5, 0.6) is 0 Å². The van der Waals surface area contributed by atoms with Gasteiger partial charge < -0.3 is 15.3 Å². The highest BCUT2D eigenvalue weighted by Gasteiger charge is 2.56. The largest absolute Gasteiger partial charge is 0.476 e. The highest BCUT2D eigenvalue weighted by molar-refractivity contribution is 6.01. The molecule has 3 heterocycles. The van der Waals surface area contributed by atoms with Gasteiger partial charge in [0.05, 0.1) is 11.7 Å². The summed E-state index contributed by atoms with van der Waals surface area (Å²) in [7, 11) is 0. The van der Waals surface area contributed by atoms with Crippen LogP contribution in [-0.4, -0.2) is 60.7 Å². The third kappa shape index (κ3) is 3.25. The number of rotatable bonds is 5. The average Bonchev–Trinajstić information content (AvgIpc) is 3.64. The molecular weight excluding hydrogens is 410 g/mol. The van der Waals surface area contributed by atoms with Crippen molar-refractivity contribution in [2.45, 2.75) is 76.0 Å². The first-order valence-electron chi connectivity index (χ1n) is 11.6. The molecule has 2 amide bonds. The smallest absolute Gasteiger partial charge is 0.357 e. The quantitative estimate of drug-likeness (QED) is 0.738. The number of carboxylic acids is 1. The van der Waals surface area contributed by atoms with E-state index in [2.05, 4.69) is 15.4 Å². The van der Waals surface area contributed by atoms with Crippen LogP contribution in [-0.2, 0) is 16.1 Å². The number of fused-ring (bicyclic) bond motifs is 2. The third-order valence-electron chi connectivity index (χ3n) is 7.98. The molecule has 6 rings (SSSR count). The Labute approximate surface area is 185 Å². The molecule has 1 saturated heterocycles. The maximum absolute atomic E-state index is 13.3. The van der Waals surface area contributed by atoms with Gasteiger partial charge in [-0.25, -0.2) is 4.79 Å². The first kappa shape index (κ1) is 19.7. The van der Waals surface area contributed by atoms with E-state index in [4.69, 9.17) is 0 Å². The Hall–Kier alpha value is -2.97. The summed E-state index contributed by atoms with van der Waals surface area (Å²) in [6.45, 7) is -0.102. The molecule has 1 aliphatic heterocycles. The van der Waals surface area contributed by atoms with Crippen molar-refractivity contribution in [1.82, 2.24) is 25.0 Å². The molecular formula is C23H27N5O4. The lowest BCUT2D eigenvalue weighted by atomic mass is 9.83. The van der Waals surface area contributed by atoms with Gasteiger partial charge in [-0.2, -0.15) is 5.10 Å². The first-order valence-corrected chi connectivity index (χ1v) is 11.6. The molecule has 9 heteroatoms. The van der Waals surface area contributed by atoms with Gasteiger partial charge in [-0.3, -0.25) is 19.3 Å². The number of aromatic carboxylic acids is 1. The number of pyridine rings is 1. The number of amides is 2. The number of carboxylic acid groups (broad SMARTS) is 1.